The largest absolute Gasteiger partial charge is 0.352 e. The standard InChI is InChI=1S/C22H31ClN4O2/c1-22(2,3)25-20(28)14-27-9-7-15(8-10-27)12-24-21(29)18-13-26(4)19-6-5-16(23)11-17(18)19/h5-6,11,13,15H,7-10,12,14H2,1-4H3,(H,24,29)(H,25,28). The van der Waals surface area contributed by atoms with Gasteiger partial charge in [0.2, 0.25) is 5.91 Å². The molecule has 1 fully saturated rings. The highest BCUT2D eigenvalue weighted by Gasteiger charge is 2.23. The van der Waals surface area contributed by atoms with Gasteiger partial charge in [-0.05, 0) is 70.8 Å². The van der Waals surface area contributed by atoms with Gasteiger partial charge in [-0.2, -0.15) is 0 Å². The number of hydrogen-bond acceptors (Lipinski definition) is 3. The second-order valence-electron chi connectivity index (χ2n) is 9.04. The van der Waals surface area contributed by atoms with Crippen molar-refractivity contribution in [3.05, 3.63) is 35.0 Å². The molecule has 2 N–H and O–H groups in total. The number of benzene rings is 1. The Labute approximate surface area is 177 Å². The maximum Gasteiger partial charge on any atom is 0.253 e. The predicted molar refractivity (Wildman–Crippen MR) is 117 cm³/mol. The Hall–Kier alpha value is -2.05. The minimum Gasteiger partial charge on any atom is -0.352 e. The summed E-state index contributed by atoms with van der Waals surface area (Å²) in [6, 6.07) is 5.61. The average molecular weight is 419 g/mol. The van der Waals surface area contributed by atoms with Gasteiger partial charge in [-0.1, -0.05) is 11.6 Å². The van der Waals surface area contributed by atoms with Gasteiger partial charge in [-0.15, -0.1) is 0 Å². The first-order valence-electron chi connectivity index (χ1n) is 10.2. The number of carbonyl (C=O) groups is 2. The Morgan fingerprint density at radius 1 is 1.21 bits per heavy atom. The molecule has 2 amide bonds. The van der Waals surface area contributed by atoms with Crippen LogP contribution in [0.1, 0.15) is 44.0 Å². The van der Waals surface area contributed by atoms with Crippen molar-refractivity contribution in [2.45, 2.75) is 39.2 Å². The van der Waals surface area contributed by atoms with Gasteiger partial charge in [-0.3, -0.25) is 14.5 Å². The molecule has 1 aromatic carbocycles. The maximum absolute atomic E-state index is 12.7. The fourth-order valence-corrected chi connectivity index (χ4v) is 4.06. The molecule has 0 unspecified atom stereocenters. The minimum absolute atomic E-state index is 0.0650. The van der Waals surface area contributed by atoms with Crippen LogP contribution < -0.4 is 10.6 Å². The van der Waals surface area contributed by atoms with Gasteiger partial charge >= 0.3 is 0 Å². The molecule has 3 rings (SSSR count). The van der Waals surface area contributed by atoms with Crippen molar-refractivity contribution >= 4 is 34.3 Å². The fraction of sp³-hybridized carbons (Fsp3) is 0.545. The fourth-order valence-electron chi connectivity index (χ4n) is 3.89. The molecule has 158 valence electrons. The summed E-state index contributed by atoms with van der Waals surface area (Å²) < 4.78 is 1.95. The van der Waals surface area contributed by atoms with Crippen LogP contribution in [0, 0.1) is 5.92 Å². The van der Waals surface area contributed by atoms with Crippen LogP contribution in [-0.2, 0) is 11.8 Å². The first kappa shape index (κ1) is 21.7. The Kier molecular flexibility index (Phi) is 6.54. The lowest BCUT2D eigenvalue weighted by atomic mass is 9.96. The van der Waals surface area contributed by atoms with Crippen LogP contribution in [0.5, 0.6) is 0 Å². The quantitative estimate of drug-likeness (QED) is 0.783. The first-order valence-corrected chi connectivity index (χ1v) is 10.6. The normalized spacial score (nSPS) is 16.2. The minimum atomic E-state index is -0.203. The molecule has 1 aliphatic rings. The number of nitrogens with one attached hydrogen (secondary N) is 2. The molecule has 6 nitrogen and oxygen atoms in total. The highest BCUT2D eigenvalue weighted by molar-refractivity contribution is 6.31. The third-order valence-corrected chi connectivity index (χ3v) is 5.57. The van der Waals surface area contributed by atoms with E-state index in [4.69, 9.17) is 11.6 Å². The summed E-state index contributed by atoms with van der Waals surface area (Å²) >= 11 is 6.11. The van der Waals surface area contributed by atoms with E-state index in [2.05, 4.69) is 15.5 Å². The number of aryl methyl sites for hydroxylation is 1. The van der Waals surface area contributed by atoms with Gasteiger partial charge in [0, 0.05) is 41.3 Å². The summed E-state index contributed by atoms with van der Waals surface area (Å²) in [6.07, 6.45) is 3.81. The van der Waals surface area contributed by atoms with Crippen LogP contribution in [0.3, 0.4) is 0 Å². The summed E-state index contributed by atoms with van der Waals surface area (Å²) in [5.41, 5.74) is 1.44. The Balaban J connectivity index is 1.49. The van der Waals surface area contributed by atoms with Crippen molar-refractivity contribution in [3.63, 3.8) is 0 Å². The third-order valence-electron chi connectivity index (χ3n) is 5.34. The summed E-state index contributed by atoms with van der Waals surface area (Å²) in [6.45, 7) is 8.81. The van der Waals surface area contributed by atoms with E-state index in [1.807, 2.05) is 56.8 Å². The number of likely N-dealkylation sites (tertiary alicyclic amines) is 1. The van der Waals surface area contributed by atoms with Gasteiger partial charge in [0.15, 0.2) is 0 Å². The Morgan fingerprint density at radius 2 is 1.90 bits per heavy atom. The number of fused-ring (bicyclic) bond motifs is 1. The van der Waals surface area contributed by atoms with E-state index in [0.29, 0.717) is 29.6 Å². The first-order chi connectivity index (χ1) is 13.6. The van der Waals surface area contributed by atoms with Gasteiger partial charge in [0.05, 0.1) is 12.1 Å². The van der Waals surface area contributed by atoms with Crippen LogP contribution in [0.4, 0.5) is 0 Å². The van der Waals surface area contributed by atoms with Gasteiger partial charge < -0.3 is 15.2 Å². The number of hydrogen-bond donors (Lipinski definition) is 2. The van der Waals surface area contributed by atoms with E-state index in [9.17, 15) is 9.59 Å². The second kappa shape index (κ2) is 8.76. The summed E-state index contributed by atoms with van der Waals surface area (Å²) in [7, 11) is 1.93. The van der Waals surface area contributed by atoms with Crippen LogP contribution in [0.2, 0.25) is 5.02 Å². The number of aromatic nitrogens is 1. The van der Waals surface area contributed by atoms with E-state index in [-0.39, 0.29) is 17.4 Å². The number of halogens is 1. The molecule has 0 aliphatic carbocycles. The lowest BCUT2D eigenvalue weighted by molar-refractivity contribution is -0.124. The van der Waals surface area contributed by atoms with Crippen LogP contribution in [0.25, 0.3) is 10.9 Å². The number of piperidine rings is 1. The monoisotopic (exact) mass is 418 g/mol. The van der Waals surface area contributed by atoms with E-state index in [1.54, 1.807) is 0 Å². The number of amides is 2. The zero-order valence-corrected chi connectivity index (χ0v) is 18.5. The highest BCUT2D eigenvalue weighted by atomic mass is 35.5. The van der Waals surface area contributed by atoms with Crippen molar-refractivity contribution in [1.82, 2.24) is 20.1 Å². The highest BCUT2D eigenvalue weighted by Crippen LogP contribution is 2.24. The van der Waals surface area contributed by atoms with Crippen molar-refractivity contribution in [1.29, 1.82) is 0 Å². The molecular weight excluding hydrogens is 388 g/mol. The Bertz CT molecular complexity index is 892. The molecule has 1 aliphatic heterocycles. The van der Waals surface area contributed by atoms with E-state index in [0.717, 1.165) is 36.8 Å². The molecular formula is C22H31ClN4O2. The molecule has 7 heteroatoms. The molecule has 0 saturated carbocycles. The molecule has 1 saturated heterocycles. The van der Waals surface area contributed by atoms with Gasteiger partial charge in [0.1, 0.15) is 0 Å². The second-order valence-corrected chi connectivity index (χ2v) is 9.48. The van der Waals surface area contributed by atoms with E-state index < -0.39 is 0 Å². The molecule has 2 aromatic rings. The van der Waals surface area contributed by atoms with Gasteiger partial charge in [-0.25, -0.2) is 0 Å². The molecule has 1 aromatic heterocycles. The van der Waals surface area contributed by atoms with E-state index >= 15 is 0 Å². The molecule has 0 radical (unpaired) electrons. The lowest BCUT2D eigenvalue weighted by Crippen LogP contribution is -2.48. The van der Waals surface area contributed by atoms with Crippen LogP contribution in [0.15, 0.2) is 24.4 Å². The molecule has 29 heavy (non-hydrogen) atoms. The van der Waals surface area contributed by atoms with Gasteiger partial charge in [0.25, 0.3) is 5.91 Å². The smallest absolute Gasteiger partial charge is 0.253 e. The third kappa shape index (κ3) is 5.73. The molecule has 0 atom stereocenters. The summed E-state index contributed by atoms with van der Waals surface area (Å²) in [4.78, 5) is 27.0. The maximum atomic E-state index is 12.7. The van der Waals surface area contributed by atoms with Crippen molar-refractivity contribution in [2.75, 3.05) is 26.2 Å². The zero-order chi connectivity index (χ0) is 21.2. The summed E-state index contributed by atoms with van der Waals surface area (Å²) in [5.74, 6) is 0.433. The lowest BCUT2D eigenvalue weighted by Gasteiger charge is -2.32. The topological polar surface area (TPSA) is 66.4 Å². The molecule has 2 heterocycles. The van der Waals surface area contributed by atoms with E-state index in [1.165, 1.54) is 0 Å². The molecule has 0 bridgehead atoms. The van der Waals surface area contributed by atoms with Crippen LogP contribution in [-0.4, -0.2) is 53.0 Å². The Morgan fingerprint density at radius 3 is 2.55 bits per heavy atom. The SMILES string of the molecule is Cn1cc(C(=O)NCC2CCN(CC(=O)NC(C)(C)C)CC2)c2cc(Cl)ccc21. The number of rotatable bonds is 5. The number of nitrogens with zero attached hydrogens (tertiary/aromatic N) is 2. The van der Waals surface area contributed by atoms with Crippen LogP contribution >= 0.6 is 11.6 Å². The number of carbonyl (C=O) groups excluding carboxylic acids is 2. The summed E-state index contributed by atoms with van der Waals surface area (Å²) in [5, 5.41) is 7.59. The van der Waals surface area contributed by atoms with Crippen molar-refractivity contribution in [2.24, 2.45) is 13.0 Å². The van der Waals surface area contributed by atoms with Crippen molar-refractivity contribution in [3.8, 4) is 0 Å². The molecule has 0 spiro atoms. The zero-order valence-electron chi connectivity index (χ0n) is 17.7. The predicted octanol–water partition coefficient (Wildman–Crippen LogP) is 3.19. The van der Waals surface area contributed by atoms with Crippen molar-refractivity contribution < 1.29 is 9.59 Å². The average Bonchev–Trinajstić information content (AvgIpc) is 2.95.